The summed E-state index contributed by atoms with van der Waals surface area (Å²) in [5.41, 5.74) is 0.630. The van der Waals surface area contributed by atoms with Crippen LogP contribution in [0.25, 0.3) is 0 Å². The molecule has 1 heterocycles. The van der Waals surface area contributed by atoms with E-state index in [0.717, 1.165) is 0 Å². The number of hydrogen-bond donors (Lipinski definition) is 0. The quantitative estimate of drug-likeness (QED) is 0.641. The fraction of sp³-hybridized carbons (Fsp3) is 0.182. The van der Waals surface area contributed by atoms with Gasteiger partial charge in [-0.3, -0.25) is 9.58 Å². The van der Waals surface area contributed by atoms with Crippen LogP contribution in [0.4, 0.5) is 10.1 Å². The predicted octanol–water partition coefficient (Wildman–Crippen LogP) is 2.17. The zero-order valence-corrected chi connectivity index (χ0v) is 10.9. The number of nitrogens with zero attached hydrogens (tertiary/aromatic N) is 5. The maximum absolute atomic E-state index is 13.1. The highest BCUT2D eigenvalue weighted by atomic mass is 79.9. The van der Waals surface area contributed by atoms with Crippen LogP contribution in [0.15, 0.2) is 35.3 Å². The molecule has 0 saturated heterocycles. The second-order valence-electron chi connectivity index (χ2n) is 3.51. The average molecular weight is 310 g/mol. The molecule has 1 aromatic carbocycles. The molecule has 2 aromatic rings. The Kier molecular flexibility index (Phi) is 3.89. The molecule has 0 bridgehead atoms. The number of nitriles is 1. The summed E-state index contributed by atoms with van der Waals surface area (Å²) in [6, 6.07) is 4.45. The topological polar surface area (TPSA) is 57.7 Å². The van der Waals surface area contributed by atoms with Crippen molar-refractivity contribution in [1.29, 1.82) is 5.26 Å². The fourth-order valence-corrected chi connectivity index (χ4v) is 1.81. The van der Waals surface area contributed by atoms with Gasteiger partial charge in [-0.15, -0.1) is 0 Å². The van der Waals surface area contributed by atoms with Crippen LogP contribution in [-0.4, -0.2) is 21.3 Å². The molecule has 0 fully saturated rings. The highest BCUT2D eigenvalue weighted by Crippen LogP contribution is 2.22. The largest absolute Gasteiger partial charge is 0.278 e. The van der Waals surface area contributed by atoms with Gasteiger partial charge in [-0.1, -0.05) is 0 Å². The predicted molar refractivity (Wildman–Crippen MR) is 67.1 cm³/mol. The number of rotatable bonds is 4. The van der Waals surface area contributed by atoms with E-state index in [9.17, 15) is 4.39 Å². The van der Waals surface area contributed by atoms with Crippen LogP contribution >= 0.6 is 15.9 Å². The number of halogens is 2. The van der Waals surface area contributed by atoms with Crippen molar-refractivity contribution in [2.45, 2.75) is 6.54 Å². The lowest BCUT2D eigenvalue weighted by atomic mass is 10.3. The summed E-state index contributed by atoms with van der Waals surface area (Å²) in [4.78, 5) is 5.28. The van der Waals surface area contributed by atoms with E-state index in [1.54, 1.807) is 23.1 Å². The summed E-state index contributed by atoms with van der Waals surface area (Å²) < 4.78 is 15.1. The van der Waals surface area contributed by atoms with Crippen molar-refractivity contribution in [2.75, 3.05) is 11.4 Å². The summed E-state index contributed by atoms with van der Waals surface area (Å²) in [6.07, 6.45) is 5.07. The van der Waals surface area contributed by atoms with E-state index >= 15 is 0 Å². The van der Waals surface area contributed by atoms with Gasteiger partial charge in [0.25, 0.3) is 0 Å². The van der Waals surface area contributed by atoms with Gasteiger partial charge in [0, 0.05) is 0 Å². The molecule has 0 radical (unpaired) electrons. The Balaban J connectivity index is 2.08. The van der Waals surface area contributed by atoms with Gasteiger partial charge < -0.3 is 0 Å². The average Bonchev–Trinajstić information content (AvgIpc) is 2.87. The molecular formula is C11H9BrFN5. The first-order valence-electron chi connectivity index (χ1n) is 5.15. The van der Waals surface area contributed by atoms with Gasteiger partial charge in [-0.05, 0) is 34.1 Å². The lowest BCUT2D eigenvalue weighted by Gasteiger charge is -2.15. The van der Waals surface area contributed by atoms with Crippen molar-refractivity contribution in [3.8, 4) is 6.19 Å². The van der Waals surface area contributed by atoms with E-state index in [1.807, 2.05) is 0 Å². The van der Waals surface area contributed by atoms with Crippen molar-refractivity contribution in [1.82, 2.24) is 14.8 Å². The van der Waals surface area contributed by atoms with E-state index in [2.05, 4.69) is 32.2 Å². The molecule has 18 heavy (non-hydrogen) atoms. The first-order valence-corrected chi connectivity index (χ1v) is 5.95. The number of hydrogen-bond acceptors (Lipinski definition) is 4. The maximum Gasteiger partial charge on any atom is 0.184 e. The maximum atomic E-state index is 13.1. The molecule has 0 spiro atoms. The first kappa shape index (κ1) is 12.5. The molecule has 92 valence electrons. The van der Waals surface area contributed by atoms with E-state index < -0.39 is 0 Å². The van der Waals surface area contributed by atoms with Crippen molar-refractivity contribution in [3.05, 3.63) is 41.1 Å². The minimum absolute atomic E-state index is 0.334. The van der Waals surface area contributed by atoms with E-state index in [1.165, 1.54) is 17.3 Å². The molecule has 0 saturated carbocycles. The van der Waals surface area contributed by atoms with Crippen molar-refractivity contribution in [3.63, 3.8) is 0 Å². The third kappa shape index (κ3) is 2.84. The minimum Gasteiger partial charge on any atom is -0.278 e. The number of anilines is 1. The fourth-order valence-electron chi connectivity index (χ4n) is 1.44. The Labute approximate surface area is 112 Å². The van der Waals surface area contributed by atoms with Gasteiger partial charge in [-0.2, -0.15) is 10.4 Å². The van der Waals surface area contributed by atoms with Gasteiger partial charge in [-0.25, -0.2) is 9.37 Å². The van der Waals surface area contributed by atoms with E-state index in [-0.39, 0.29) is 5.82 Å². The van der Waals surface area contributed by atoms with Crippen LogP contribution in [0.5, 0.6) is 0 Å². The van der Waals surface area contributed by atoms with Crippen LogP contribution in [0.3, 0.4) is 0 Å². The van der Waals surface area contributed by atoms with E-state index in [0.29, 0.717) is 23.2 Å². The van der Waals surface area contributed by atoms with Crippen LogP contribution < -0.4 is 4.90 Å². The Bertz CT molecular complexity index is 563. The zero-order valence-electron chi connectivity index (χ0n) is 9.29. The van der Waals surface area contributed by atoms with Gasteiger partial charge in [0.1, 0.15) is 18.5 Å². The molecular weight excluding hydrogens is 301 g/mol. The van der Waals surface area contributed by atoms with Crippen LogP contribution in [-0.2, 0) is 6.54 Å². The summed E-state index contributed by atoms with van der Waals surface area (Å²) in [6.45, 7) is 0.973. The summed E-state index contributed by atoms with van der Waals surface area (Å²) >= 11 is 3.09. The second kappa shape index (κ2) is 5.60. The third-order valence-corrected chi connectivity index (χ3v) is 2.96. The van der Waals surface area contributed by atoms with Crippen molar-refractivity contribution in [2.24, 2.45) is 0 Å². The van der Waals surface area contributed by atoms with Crippen LogP contribution in [0.1, 0.15) is 0 Å². The number of benzene rings is 1. The van der Waals surface area contributed by atoms with Crippen LogP contribution in [0.2, 0.25) is 0 Å². The van der Waals surface area contributed by atoms with Crippen LogP contribution in [0, 0.1) is 17.3 Å². The summed E-state index contributed by atoms with van der Waals surface area (Å²) in [5.74, 6) is -0.354. The molecule has 0 aliphatic rings. The number of aromatic nitrogens is 3. The third-order valence-electron chi connectivity index (χ3n) is 2.35. The van der Waals surface area contributed by atoms with Crippen molar-refractivity contribution >= 4 is 21.6 Å². The van der Waals surface area contributed by atoms with Gasteiger partial charge in [0.05, 0.1) is 23.2 Å². The SMILES string of the molecule is N#CN(CCn1cncn1)c1ccc(F)c(Br)c1. The molecule has 0 atom stereocenters. The first-order chi connectivity index (χ1) is 8.70. The molecule has 0 aliphatic heterocycles. The highest BCUT2D eigenvalue weighted by Gasteiger charge is 2.08. The summed E-state index contributed by atoms with van der Waals surface area (Å²) in [7, 11) is 0. The lowest BCUT2D eigenvalue weighted by molar-refractivity contribution is 0.613. The highest BCUT2D eigenvalue weighted by molar-refractivity contribution is 9.10. The summed E-state index contributed by atoms with van der Waals surface area (Å²) in [5, 5.41) is 13.0. The lowest BCUT2D eigenvalue weighted by Crippen LogP contribution is -2.22. The Morgan fingerprint density at radius 3 is 2.94 bits per heavy atom. The molecule has 2 rings (SSSR count). The molecule has 0 amide bonds. The minimum atomic E-state index is -0.354. The Morgan fingerprint density at radius 2 is 2.33 bits per heavy atom. The standard InChI is InChI=1S/C11H9BrFN5/c12-10-5-9(1-2-11(10)13)17(6-14)3-4-18-8-15-7-16-18/h1-2,5,7-8H,3-4H2. The molecule has 0 N–H and O–H groups in total. The van der Waals surface area contributed by atoms with Gasteiger partial charge in [0.15, 0.2) is 6.19 Å². The molecule has 7 heteroatoms. The van der Waals surface area contributed by atoms with Gasteiger partial charge in [0.2, 0.25) is 0 Å². The zero-order chi connectivity index (χ0) is 13.0. The van der Waals surface area contributed by atoms with E-state index in [4.69, 9.17) is 5.26 Å². The molecule has 5 nitrogen and oxygen atoms in total. The molecule has 0 aliphatic carbocycles. The monoisotopic (exact) mass is 309 g/mol. The molecule has 0 unspecified atom stereocenters. The molecule has 1 aromatic heterocycles. The smallest absolute Gasteiger partial charge is 0.184 e. The Hall–Kier alpha value is -1.94. The van der Waals surface area contributed by atoms with Gasteiger partial charge >= 0.3 is 0 Å². The normalized spacial score (nSPS) is 10.1. The second-order valence-corrected chi connectivity index (χ2v) is 4.36. The Morgan fingerprint density at radius 1 is 1.50 bits per heavy atom. The van der Waals surface area contributed by atoms with Crippen molar-refractivity contribution < 1.29 is 4.39 Å².